The van der Waals surface area contributed by atoms with E-state index in [2.05, 4.69) is 48.6 Å². The summed E-state index contributed by atoms with van der Waals surface area (Å²) < 4.78 is 8.57. The summed E-state index contributed by atoms with van der Waals surface area (Å²) >= 11 is 3.42. The fourth-order valence-corrected chi connectivity index (χ4v) is 3.26. The first-order valence-electron chi connectivity index (χ1n) is 8.94. The van der Waals surface area contributed by atoms with Crippen LogP contribution in [0.2, 0.25) is 0 Å². The number of halogens is 1. The smallest absolute Gasteiger partial charge is 0.260 e. The second-order valence-corrected chi connectivity index (χ2v) is 7.19. The van der Waals surface area contributed by atoms with E-state index in [9.17, 15) is 4.79 Å². The minimum Gasteiger partial charge on any atom is -0.493 e. The molecule has 0 saturated heterocycles. The molecule has 0 atom stereocenters. The third-order valence-electron chi connectivity index (χ3n) is 4.26. The lowest BCUT2D eigenvalue weighted by Gasteiger charge is -2.13. The van der Waals surface area contributed by atoms with Crippen molar-refractivity contribution >= 4 is 27.7 Å². The number of hydrogen-bond acceptors (Lipinski definition) is 5. The van der Waals surface area contributed by atoms with Crippen molar-refractivity contribution in [2.45, 2.75) is 19.4 Å². The zero-order valence-electron chi connectivity index (χ0n) is 15.0. The van der Waals surface area contributed by atoms with Crippen LogP contribution in [0.5, 0.6) is 5.75 Å². The first kappa shape index (κ1) is 18.4. The van der Waals surface area contributed by atoms with Gasteiger partial charge in [0.2, 0.25) is 0 Å². The van der Waals surface area contributed by atoms with Gasteiger partial charge >= 0.3 is 0 Å². The zero-order chi connectivity index (χ0) is 19.3. The number of rotatable bonds is 0. The summed E-state index contributed by atoms with van der Waals surface area (Å²) in [6, 6.07) is 10.8. The molecule has 3 aromatic rings. The number of aromatic nitrogens is 4. The van der Waals surface area contributed by atoms with Crippen LogP contribution >= 0.6 is 15.9 Å². The number of carbonyl (C=O) groups is 1. The second-order valence-electron chi connectivity index (χ2n) is 6.27. The largest absolute Gasteiger partial charge is 0.493 e. The molecule has 7 nitrogen and oxygen atoms in total. The first-order chi connectivity index (χ1) is 13.7. The second kappa shape index (κ2) is 8.35. The van der Waals surface area contributed by atoms with Gasteiger partial charge in [-0.3, -0.25) is 4.79 Å². The number of ether oxygens (including phenoxy) is 1. The quantitative estimate of drug-likeness (QED) is 0.533. The molecule has 1 aliphatic heterocycles. The minimum absolute atomic E-state index is 0.283. The van der Waals surface area contributed by atoms with Gasteiger partial charge in [0, 0.05) is 11.0 Å². The van der Waals surface area contributed by atoms with Crippen LogP contribution in [0.25, 0.3) is 11.5 Å². The van der Waals surface area contributed by atoms with E-state index in [4.69, 9.17) is 4.74 Å². The lowest BCUT2D eigenvalue weighted by atomic mass is 10.2. The maximum Gasteiger partial charge on any atom is 0.260 e. The number of anilines is 1. The zero-order valence-corrected chi connectivity index (χ0v) is 16.6. The number of fused-ring (bicyclic) bond motifs is 5. The number of benzene rings is 1. The molecule has 3 heterocycles. The van der Waals surface area contributed by atoms with Crippen molar-refractivity contribution in [2.24, 2.45) is 0 Å². The highest BCUT2D eigenvalue weighted by atomic mass is 79.9. The van der Waals surface area contributed by atoms with Gasteiger partial charge in [-0.1, -0.05) is 34.1 Å². The average Bonchev–Trinajstić information content (AvgIpc) is 3.16. The van der Waals surface area contributed by atoms with E-state index < -0.39 is 0 Å². The SMILES string of the molecule is O=C1Nc2cccc(n2)-c2nncn2CC=CCCCOc2ccc(Br)cc21. The van der Waals surface area contributed by atoms with Crippen LogP contribution in [0.15, 0.2) is 59.4 Å². The van der Waals surface area contributed by atoms with Crippen LogP contribution in [0.4, 0.5) is 5.82 Å². The highest BCUT2D eigenvalue weighted by Gasteiger charge is 2.16. The summed E-state index contributed by atoms with van der Waals surface area (Å²) in [4.78, 5) is 17.4. The predicted octanol–water partition coefficient (Wildman–Crippen LogP) is 4.08. The highest BCUT2D eigenvalue weighted by molar-refractivity contribution is 9.10. The van der Waals surface area contributed by atoms with Crippen molar-refractivity contribution in [1.82, 2.24) is 19.7 Å². The Kier molecular flexibility index (Phi) is 5.48. The summed E-state index contributed by atoms with van der Waals surface area (Å²) in [6.45, 7) is 1.18. The van der Waals surface area contributed by atoms with Crippen LogP contribution in [-0.2, 0) is 6.54 Å². The molecule has 8 heteroatoms. The molecule has 1 aliphatic rings. The van der Waals surface area contributed by atoms with E-state index >= 15 is 0 Å². The Hall–Kier alpha value is -3.00. The molecule has 0 fully saturated rings. The molecule has 142 valence electrons. The Morgan fingerprint density at radius 3 is 3.04 bits per heavy atom. The van der Waals surface area contributed by atoms with Crippen LogP contribution in [0, 0.1) is 0 Å². The third-order valence-corrected chi connectivity index (χ3v) is 4.76. The first-order valence-corrected chi connectivity index (χ1v) is 9.74. The predicted molar refractivity (Wildman–Crippen MR) is 109 cm³/mol. The standard InChI is InChI=1S/C20H18BrN5O2/c21-14-8-9-17-15(12-14)20(27)24-18-7-5-6-16(23-18)19-25-22-13-26(19)10-3-1-2-4-11-28-17/h1,3,5-9,12-13H,2,4,10-11H2,(H,23,24,27). The summed E-state index contributed by atoms with van der Waals surface area (Å²) in [7, 11) is 0. The molecule has 2 bridgehead atoms. The van der Waals surface area contributed by atoms with Gasteiger partial charge in [-0.25, -0.2) is 4.98 Å². The topological polar surface area (TPSA) is 81.9 Å². The lowest BCUT2D eigenvalue weighted by molar-refractivity contribution is 0.102. The summed E-state index contributed by atoms with van der Waals surface area (Å²) in [5.41, 5.74) is 1.09. The maximum atomic E-state index is 12.9. The van der Waals surface area contributed by atoms with E-state index in [-0.39, 0.29) is 5.91 Å². The number of hydrogen-bond donors (Lipinski definition) is 1. The van der Waals surface area contributed by atoms with Crippen molar-refractivity contribution in [3.63, 3.8) is 0 Å². The Labute approximate surface area is 170 Å². The van der Waals surface area contributed by atoms with Crippen molar-refractivity contribution in [2.75, 3.05) is 11.9 Å². The van der Waals surface area contributed by atoms with Gasteiger partial charge in [-0.2, -0.15) is 0 Å². The number of pyridine rings is 1. The summed E-state index contributed by atoms with van der Waals surface area (Å²) in [5.74, 6) is 1.35. The van der Waals surface area contributed by atoms with E-state index in [1.165, 1.54) is 0 Å². The lowest BCUT2D eigenvalue weighted by Crippen LogP contribution is -2.15. The molecule has 0 unspecified atom stereocenters. The molecule has 4 rings (SSSR count). The van der Waals surface area contributed by atoms with Crippen LogP contribution in [-0.4, -0.2) is 32.3 Å². The number of nitrogens with zero attached hydrogens (tertiary/aromatic N) is 4. The average molecular weight is 440 g/mol. The number of amides is 1. The molecule has 0 radical (unpaired) electrons. The van der Waals surface area contributed by atoms with E-state index in [0.717, 1.165) is 17.3 Å². The monoisotopic (exact) mass is 439 g/mol. The Balaban J connectivity index is 1.72. The van der Waals surface area contributed by atoms with Gasteiger partial charge < -0.3 is 14.6 Å². The molecular formula is C20H18BrN5O2. The normalized spacial score (nSPS) is 14.5. The molecule has 1 N–H and O–H groups in total. The van der Waals surface area contributed by atoms with Crippen LogP contribution in [0.1, 0.15) is 23.2 Å². The molecule has 1 aromatic carbocycles. The Bertz CT molecular complexity index is 1030. The molecule has 0 aliphatic carbocycles. The van der Waals surface area contributed by atoms with Crippen molar-refractivity contribution in [3.8, 4) is 17.3 Å². The fraction of sp³-hybridized carbons (Fsp3) is 0.200. The number of nitrogens with one attached hydrogen (secondary N) is 1. The van der Waals surface area contributed by atoms with Gasteiger partial charge in [0.25, 0.3) is 5.91 Å². The fourth-order valence-electron chi connectivity index (χ4n) is 2.89. The van der Waals surface area contributed by atoms with Crippen LogP contribution in [0.3, 0.4) is 0 Å². The van der Waals surface area contributed by atoms with Gasteiger partial charge in [0.1, 0.15) is 23.6 Å². The van der Waals surface area contributed by atoms with Gasteiger partial charge in [0.05, 0.1) is 12.2 Å². The highest BCUT2D eigenvalue weighted by Crippen LogP contribution is 2.25. The van der Waals surface area contributed by atoms with Gasteiger partial charge in [-0.15, -0.1) is 10.2 Å². The molecule has 0 spiro atoms. The summed E-state index contributed by atoms with van der Waals surface area (Å²) in [6.07, 6.45) is 7.59. The Morgan fingerprint density at radius 2 is 2.11 bits per heavy atom. The molecule has 1 amide bonds. The number of carbonyl (C=O) groups excluding carboxylic acids is 1. The van der Waals surface area contributed by atoms with Crippen molar-refractivity contribution < 1.29 is 9.53 Å². The summed E-state index contributed by atoms with van der Waals surface area (Å²) in [5, 5.41) is 11.0. The third kappa shape index (κ3) is 4.12. The van der Waals surface area contributed by atoms with Crippen LogP contribution < -0.4 is 10.1 Å². The van der Waals surface area contributed by atoms with E-state index in [0.29, 0.717) is 41.8 Å². The maximum absolute atomic E-state index is 12.9. The van der Waals surface area contributed by atoms with Gasteiger partial charge in [0.15, 0.2) is 5.82 Å². The molecule has 0 saturated carbocycles. The van der Waals surface area contributed by atoms with Crippen molar-refractivity contribution in [3.05, 3.63) is 64.9 Å². The molecular weight excluding hydrogens is 422 g/mol. The van der Waals surface area contributed by atoms with E-state index in [1.807, 2.05) is 22.8 Å². The van der Waals surface area contributed by atoms with E-state index in [1.54, 1.807) is 24.5 Å². The Morgan fingerprint density at radius 1 is 1.18 bits per heavy atom. The van der Waals surface area contributed by atoms with Crippen molar-refractivity contribution in [1.29, 1.82) is 0 Å². The molecule has 2 aromatic heterocycles. The minimum atomic E-state index is -0.283. The van der Waals surface area contributed by atoms with Gasteiger partial charge in [-0.05, 0) is 43.2 Å². The number of allylic oxidation sites excluding steroid dienone is 2. The molecule has 28 heavy (non-hydrogen) atoms.